The standard InChI is InChI=1S/C20H28N2O2/c1-22(16-11-3-2-4-12-16)20(24)17-13-7-8-14-18(17)21-19(23)15-9-5-6-10-15/h7-8,13-16H,2-6,9-12H2,1H3,(H,21,23). The van der Waals surface area contributed by atoms with Crippen molar-refractivity contribution in [3.05, 3.63) is 29.8 Å². The van der Waals surface area contributed by atoms with Gasteiger partial charge in [0.05, 0.1) is 11.3 Å². The first-order chi connectivity index (χ1) is 11.7. The Kier molecular flexibility index (Phi) is 5.54. The van der Waals surface area contributed by atoms with Crippen LogP contribution in [0, 0.1) is 5.92 Å². The Morgan fingerprint density at radius 2 is 1.58 bits per heavy atom. The third-order valence-corrected chi connectivity index (χ3v) is 5.58. The number of amides is 2. The quantitative estimate of drug-likeness (QED) is 0.899. The van der Waals surface area contributed by atoms with Crippen molar-refractivity contribution >= 4 is 17.5 Å². The maximum Gasteiger partial charge on any atom is 0.255 e. The lowest BCUT2D eigenvalue weighted by molar-refractivity contribution is -0.119. The molecule has 2 amide bonds. The van der Waals surface area contributed by atoms with Crippen LogP contribution in [0.5, 0.6) is 0 Å². The summed E-state index contributed by atoms with van der Waals surface area (Å²) in [4.78, 5) is 27.2. The molecule has 1 N–H and O–H groups in total. The molecule has 0 atom stereocenters. The maximum atomic E-state index is 12.9. The number of anilines is 1. The fraction of sp³-hybridized carbons (Fsp3) is 0.600. The van der Waals surface area contributed by atoms with Crippen LogP contribution in [0.25, 0.3) is 0 Å². The van der Waals surface area contributed by atoms with Gasteiger partial charge in [-0.1, -0.05) is 44.2 Å². The molecule has 2 aliphatic rings. The van der Waals surface area contributed by atoms with E-state index in [1.807, 2.05) is 36.2 Å². The molecule has 2 fully saturated rings. The number of carbonyl (C=O) groups is 2. The largest absolute Gasteiger partial charge is 0.339 e. The molecule has 0 aromatic heterocycles. The lowest BCUT2D eigenvalue weighted by Gasteiger charge is -2.31. The Morgan fingerprint density at radius 3 is 2.29 bits per heavy atom. The smallest absolute Gasteiger partial charge is 0.255 e. The molecule has 0 spiro atoms. The van der Waals surface area contributed by atoms with E-state index in [1.54, 1.807) is 0 Å². The molecule has 2 aliphatic carbocycles. The van der Waals surface area contributed by atoms with Crippen molar-refractivity contribution in [2.75, 3.05) is 12.4 Å². The third-order valence-electron chi connectivity index (χ3n) is 5.58. The molecular formula is C20H28N2O2. The maximum absolute atomic E-state index is 12.9. The Bertz CT molecular complexity index is 587. The molecule has 4 nitrogen and oxygen atoms in total. The Labute approximate surface area is 144 Å². The van der Waals surface area contributed by atoms with Gasteiger partial charge in [-0.05, 0) is 37.8 Å². The van der Waals surface area contributed by atoms with E-state index in [1.165, 1.54) is 19.3 Å². The number of hydrogen-bond acceptors (Lipinski definition) is 2. The first-order valence-corrected chi connectivity index (χ1v) is 9.34. The minimum Gasteiger partial charge on any atom is -0.339 e. The van der Waals surface area contributed by atoms with Crippen LogP contribution >= 0.6 is 0 Å². The van der Waals surface area contributed by atoms with E-state index in [4.69, 9.17) is 0 Å². The van der Waals surface area contributed by atoms with Crippen LogP contribution in [0.2, 0.25) is 0 Å². The highest BCUT2D eigenvalue weighted by atomic mass is 16.2. The first-order valence-electron chi connectivity index (χ1n) is 9.34. The highest BCUT2D eigenvalue weighted by Crippen LogP contribution is 2.28. The van der Waals surface area contributed by atoms with Gasteiger partial charge in [0, 0.05) is 19.0 Å². The molecule has 1 aromatic rings. The molecule has 2 saturated carbocycles. The summed E-state index contributed by atoms with van der Waals surface area (Å²) in [6.07, 6.45) is 10.0. The highest BCUT2D eigenvalue weighted by molar-refractivity contribution is 6.04. The van der Waals surface area contributed by atoms with Crippen molar-refractivity contribution < 1.29 is 9.59 Å². The van der Waals surface area contributed by atoms with Crippen molar-refractivity contribution in [1.29, 1.82) is 0 Å². The van der Waals surface area contributed by atoms with E-state index in [-0.39, 0.29) is 17.7 Å². The van der Waals surface area contributed by atoms with Gasteiger partial charge in [0.1, 0.15) is 0 Å². The van der Waals surface area contributed by atoms with E-state index < -0.39 is 0 Å². The monoisotopic (exact) mass is 328 g/mol. The van der Waals surface area contributed by atoms with E-state index in [0.29, 0.717) is 17.3 Å². The van der Waals surface area contributed by atoms with Gasteiger partial charge in [0.2, 0.25) is 5.91 Å². The van der Waals surface area contributed by atoms with Gasteiger partial charge < -0.3 is 10.2 Å². The van der Waals surface area contributed by atoms with E-state index in [9.17, 15) is 9.59 Å². The molecular weight excluding hydrogens is 300 g/mol. The van der Waals surface area contributed by atoms with Crippen molar-refractivity contribution in [1.82, 2.24) is 4.90 Å². The molecule has 1 aromatic carbocycles. The zero-order valence-corrected chi connectivity index (χ0v) is 14.6. The van der Waals surface area contributed by atoms with Gasteiger partial charge in [-0.15, -0.1) is 0 Å². The number of nitrogens with one attached hydrogen (secondary N) is 1. The van der Waals surface area contributed by atoms with Gasteiger partial charge in [0.25, 0.3) is 5.91 Å². The summed E-state index contributed by atoms with van der Waals surface area (Å²) in [6.45, 7) is 0. The molecule has 0 aliphatic heterocycles. The zero-order valence-electron chi connectivity index (χ0n) is 14.6. The van der Waals surface area contributed by atoms with Crippen LogP contribution < -0.4 is 5.32 Å². The SMILES string of the molecule is CN(C(=O)c1ccccc1NC(=O)C1CCCC1)C1CCCCC1. The molecule has 130 valence electrons. The van der Waals surface area contributed by atoms with Crippen molar-refractivity contribution in [2.45, 2.75) is 63.8 Å². The minimum absolute atomic E-state index is 0.0178. The van der Waals surface area contributed by atoms with Crippen LogP contribution in [0.1, 0.15) is 68.1 Å². The fourth-order valence-corrected chi connectivity index (χ4v) is 4.03. The summed E-state index contributed by atoms with van der Waals surface area (Å²) in [7, 11) is 1.90. The van der Waals surface area contributed by atoms with Gasteiger partial charge in [0.15, 0.2) is 0 Å². The predicted molar refractivity (Wildman–Crippen MR) is 96.0 cm³/mol. The van der Waals surface area contributed by atoms with Gasteiger partial charge >= 0.3 is 0 Å². The van der Waals surface area contributed by atoms with Crippen LogP contribution in [0.3, 0.4) is 0 Å². The molecule has 0 heterocycles. The minimum atomic E-state index is 0.0178. The Balaban J connectivity index is 1.72. The summed E-state index contributed by atoms with van der Waals surface area (Å²) < 4.78 is 0. The lowest BCUT2D eigenvalue weighted by atomic mass is 9.94. The second kappa shape index (κ2) is 7.82. The summed E-state index contributed by atoms with van der Waals surface area (Å²) >= 11 is 0. The normalized spacial score (nSPS) is 19.2. The van der Waals surface area contributed by atoms with E-state index >= 15 is 0 Å². The average molecular weight is 328 g/mol. The zero-order chi connectivity index (χ0) is 16.9. The summed E-state index contributed by atoms with van der Waals surface area (Å²) in [6, 6.07) is 7.74. The molecule has 3 rings (SSSR count). The number of benzene rings is 1. The Morgan fingerprint density at radius 1 is 0.958 bits per heavy atom. The van der Waals surface area contributed by atoms with E-state index in [2.05, 4.69) is 5.32 Å². The topological polar surface area (TPSA) is 49.4 Å². The lowest BCUT2D eigenvalue weighted by Crippen LogP contribution is -2.38. The second-order valence-corrected chi connectivity index (χ2v) is 7.22. The van der Waals surface area contributed by atoms with Gasteiger partial charge in [-0.25, -0.2) is 0 Å². The van der Waals surface area contributed by atoms with Gasteiger partial charge in [-0.2, -0.15) is 0 Å². The number of hydrogen-bond donors (Lipinski definition) is 1. The number of nitrogens with zero attached hydrogens (tertiary/aromatic N) is 1. The molecule has 4 heteroatoms. The summed E-state index contributed by atoms with van der Waals surface area (Å²) in [5.41, 5.74) is 1.26. The van der Waals surface area contributed by atoms with Gasteiger partial charge in [-0.3, -0.25) is 9.59 Å². The van der Waals surface area contributed by atoms with E-state index in [0.717, 1.165) is 38.5 Å². The summed E-state index contributed by atoms with van der Waals surface area (Å²) in [5, 5.41) is 3.00. The molecule has 0 saturated heterocycles. The summed E-state index contributed by atoms with van der Waals surface area (Å²) in [5.74, 6) is 0.182. The van der Waals surface area contributed by atoms with Crippen LogP contribution in [-0.2, 0) is 4.79 Å². The first kappa shape index (κ1) is 17.0. The van der Waals surface area contributed by atoms with Crippen molar-refractivity contribution in [3.63, 3.8) is 0 Å². The third kappa shape index (κ3) is 3.80. The number of carbonyl (C=O) groups excluding carboxylic acids is 2. The molecule has 0 radical (unpaired) electrons. The number of rotatable bonds is 4. The van der Waals surface area contributed by atoms with Crippen LogP contribution in [0.15, 0.2) is 24.3 Å². The van der Waals surface area contributed by atoms with Crippen LogP contribution in [0.4, 0.5) is 5.69 Å². The number of para-hydroxylation sites is 1. The highest BCUT2D eigenvalue weighted by Gasteiger charge is 2.27. The molecule has 0 bridgehead atoms. The predicted octanol–water partition coefficient (Wildman–Crippen LogP) is 4.22. The van der Waals surface area contributed by atoms with Crippen molar-refractivity contribution in [2.24, 2.45) is 5.92 Å². The molecule has 0 unspecified atom stereocenters. The van der Waals surface area contributed by atoms with Crippen LogP contribution in [-0.4, -0.2) is 29.8 Å². The average Bonchev–Trinajstić information content (AvgIpc) is 3.16. The fourth-order valence-electron chi connectivity index (χ4n) is 4.03. The molecule has 24 heavy (non-hydrogen) atoms. The Hall–Kier alpha value is -1.84. The van der Waals surface area contributed by atoms with Crippen molar-refractivity contribution in [3.8, 4) is 0 Å². The second-order valence-electron chi connectivity index (χ2n) is 7.22.